The topological polar surface area (TPSA) is 111 Å². The molecule has 5 N–H and O–H groups in total. The smallest absolute Gasteiger partial charge is 0.237 e. The molecule has 2 rings (SSSR count). The first-order valence-electron chi connectivity index (χ1n) is 8.82. The zero-order valence-corrected chi connectivity index (χ0v) is 17.6. The summed E-state index contributed by atoms with van der Waals surface area (Å²) >= 11 is 9.31. The average Bonchev–Trinajstić information content (AvgIpc) is 3.07. The summed E-state index contributed by atoms with van der Waals surface area (Å²) in [5.74, 6) is 0.805. The van der Waals surface area contributed by atoms with Crippen molar-refractivity contribution in [2.45, 2.75) is 72.8 Å². The molecule has 0 aromatic heterocycles. The number of alkyl halides is 1. The Morgan fingerprint density at radius 1 is 1.35 bits per heavy atom. The number of halogens is 1. The van der Waals surface area contributed by atoms with E-state index in [4.69, 9.17) is 16.3 Å². The second-order valence-electron chi connectivity index (χ2n) is 6.66. The molecule has 0 aromatic carbocycles. The van der Waals surface area contributed by atoms with Crippen molar-refractivity contribution in [3.63, 3.8) is 0 Å². The third kappa shape index (κ3) is 5.20. The Hall–Kier alpha value is 0.260. The lowest BCUT2D eigenvalue weighted by Crippen LogP contribution is -2.65. The minimum atomic E-state index is -1.36. The fourth-order valence-corrected chi connectivity index (χ4v) is 5.25. The maximum absolute atomic E-state index is 12.7. The van der Waals surface area contributed by atoms with Crippen LogP contribution in [0.3, 0.4) is 0 Å². The lowest BCUT2D eigenvalue weighted by Gasteiger charge is -2.44. The number of carbonyl (C=O) groups is 1. The van der Waals surface area contributed by atoms with Gasteiger partial charge in [0.2, 0.25) is 5.91 Å². The van der Waals surface area contributed by atoms with Crippen LogP contribution in [0.15, 0.2) is 0 Å². The highest BCUT2D eigenvalue weighted by molar-refractivity contribution is 7.99. The molecule has 1 amide bonds. The molecule has 0 spiro atoms. The van der Waals surface area contributed by atoms with Crippen molar-refractivity contribution in [3.05, 3.63) is 0 Å². The third-order valence-corrected chi connectivity index (χ3v) is 7.10. The van der Waals surface area contributed by atoms with Gasteiger partial charge in [-0.05, 0) is 25.4 Å². The number of carbonyl (C=O) groups excluding carboxylic acids is 1. The van der Waals surface area contributed by atoms with Crippen molar-refractivity contribution in [1.82, 2.24) is 10.6 Å². The molecule has 1 unspecified atom stereocenters. The fraction of sp³-hybridized carbons (Fsp3) is 0.938. The van der Waals surface area contributed by atoms with Crippen molar-refractivity contribution in [2.24, 2.45) is 0 Å². The summed E-state index contributed by atoms with van der Waals surface area (Å²) in [5.41, 5.74) is -0.705. The summed E-state index contributed by atoms with van der Waals surface area (Å²) in [6, 6.07) is -1.01. The summed E-state index contributed by atoms with van der Waals surface area (Å²) in [4.78, 5) is 12.7. The van der Waals surface area contributed by atoms with E-state index in [0.717, 1.165) is 18.7 Å². The molecular formula is C16H29ClN2O5S2. The van der Waals surface area contributed by atoms with Crippen LogP contribution in [-0.4, -0.2) is 92.3 Å². The molecule has 2 aliphatic heterocycles. The number of thioether (sulfide) groups is 2. The van der Waals surface area contributed by atoms with Gasteiger partial charge in [0, 0.05) is 11.8 Å². The molecule has 0 aliphatic carbocycles. The van der Waals surface area contributed by atoms with Crippen molar-refractivity contribution in [1.29, 1.82) is 0 Å². The molecule has 7 nitrogen and oxygen atoms in total. The highest BCUT2D eigenvalue weighted by Crippen LogP contribution is 2.30. The van der Waals surface area contributed by atoms with Crippen LogP contribution >= 0.6 is 35.1 Å². The Morgan fingerprint density at radius 2 is 2.04 bits per heavy atom. The maximum atomic E-state index is 12.7. The van der Waals surface area contributed by atoms with Gasteiger partial charge in [0.25, 0.3) is 0 Å². The number of aliphatic hydroxyl groups is 3. The standard InChI is InChI=1S/C16H29ClN2O5S2/c1-4-26-8-5-9(18-6-8)15(23)19-10(7(2)17)14-12(21)11(20)13(22)16(24-14)25-3/h7-14,16,18,20-22H,4-6H2,1-3H3,(H,19,23)/t7-,8+,9-,10+,11-,12+,13?,14+,16+/m0/s1. The molecule has 9 atom stereocenters. The van der Waals surface area contributed by atoms with Crippen LogP contribution in [0.4, 0.5) is 0 Å². The SMILES string of the molecule is CCS[C@H]1CN[C@H](C(=O)N[C@@H]([C@H]2O[C@H](SC)C(O)[C@@H](O)[C@H]2O)[C@H](C)Cl)C1. The molecule has 0 saturated carbocycles. The summed E-state index contributed by atoms with van der Waals surface area (Å²) in [7, 11) is 0. The first kappa shape index (κ1) is 22.5. The van der Waals surface area contributed by atoms with Crippen molar-refractivity contribution in [3.8, 4) is 0 Å². The quantitative estimate of drug-likeness (QED) is 0.353. The monoisotopic (exact) mass is 428 g/mol. The van der Waals surface area contributed by atoms with Gasteiger partial charge in [-0.2, -0.15) is 11.8 Å². The Kier molecular flexibility index (Phi) is 8.81. The van der Waals surface area contributed by atoms with E-state index >= 15 is 0 Å². The number of amides is 1. The van der Waals surface area contributed by atoms with Gasteiger partial charge in [0.1, 0.15) is 29.9 Å². The predicted octanol–water partition coefficient (Wildman–Crippen LogP) is -0.247. The van der Waals surface area contributed by atoms with Crippen LogP contribution in [-0.2, 0) is 9.53 Å². The van der Waals surface area contributed by atoms with E-state index in [-0.39, 0.29) is 11.9 Å². The first-order chi connectivity index (χ1) is 12.3. The van der Waals surface area contributed by atoms with Crippen LogP contribution < -0.4 is 10.6 Å². The van der Waals surface area contributed by atoms with Crippen LogP contribution in [0.5, 0.6) is 0 Å². The van der Waals surface area contributed by atoms with Gasteiger partial charge >= 0.3 is 0 Å². The Morgan fingerprint density at radius 3 is 2.62 bits per heavy atom. The van der Waals surface area contributed by atoms with Gasteiger partial charge < -0.3 is 30.7 Å². The molecular weight excluding hydrogens is 400 g/mol. The van der Waals surface area contributed by atoms with E-state index in [0.29, 0.717) is 5.25 Å². The summed E-state index contributed by atoms with van der Waals surface area (Å²) < 4.78 is 5.76. The second kappa shape index (κ2) is 10.2. The van der Waals surface area contributed by atoms with E-state index in [2.05, 4.69) is 17.6 Å². The maximum Gasteiger partial charge on any atom is 0.237 e. The zero-order valence-electron chi connectivity index (χ0n) is 15.2. The highest BCUT2D eigenvalue weighted by atomic mass is 35.5. The Balaban J connectivity index is 2.05. The van der Waals surface area contributed by atoms with Gasteiger partial charge in [-0.15, -0.1) is 23.4 Å². The van der Waals surface area contributed by atoms with Crippen LogP contribution in [0.25, 0.3) is 0 Å². The first-order valence-corrected chi connectivity index (χ1v) is 11.6. The van der Waals surface area contributed by atoms with E-state index < -0.39 is 41.3 Å². The van der Waals surface area contributed by atoms with Crippen LogP contribution in [0.2, 0.25) is 0 Å². The number of aliphatic hydroxyl groups excluding tert-OH is 3. The molecule has 2 saturated heterocycles. The number of hydrogen-bond donors (Lipinski definition) is 5. The zero-order chi connectivity index (χ0) is 19.4. The van der Waals surface area contributed by atoms with Crippen LogP contribution in [0, 0.1) is 0 Å². The largest absolute Gasteiger partial charge is 0.388 e. The molecule has 2 fully saturated rings. The Bertz CT molecular complexity index is 474. The minimum Gasteiger partial charge on any atom is -0.388 e. The normalized spacial score (nSPS) is 40.2. The molecule has 26 heavy (non-hydrogen) atoms. The minimum absolute atomic E-state index is 0.196. The van der Waals surface area contributed by atoms with E-state index in [1.807, 2.05) is 11.8 Å². The predicted molar refractivity (Wildman–Crippen MR) is 106 cm³/mol. The summed E-state index contributed by atoms with van der Waals surface area (Å²) in [5, 5.41) is 36.4. The van der Waals surface area contributed by atoms with Crippen molar-refractivity contribution in [2.75, 3.05) is 18.6 Å². The molecule has 0 aromatic rings. The number of ether oxygens (including phenoxy) is 1. The second-order valence-corrected chi connectivity index (χ2v) is 9.86. The van der Waals surface area contributed by atoms with Gasteiger partial charge in [-0.1, -0.05) is 6.92 Å². The third-order valence-electron chi connectivity index (χ3n) is 4.81. The van der Waals surface area contributed by atoms with E-state index in [1.54, 1.807) is 13.2 Å². The van der Waals surface area contributed by atoms with Crippen molar-refractivity contribution < 1.29 is 24.9 Å². The lowest BCUT2D eigenvalue weighted by molar-refractivity contribution is -0.205. The van der Waals surface area contributed by atoms with Gasteiger partial charge in [0.15, 0.2) is 0 Å². The van der Waals surface area contributed by atoms with Gasteiger partial charge in [-0.3, -0.25) is 4.79 Å². The molecule has 0 radical (unpaired) electrons. The molecule has 10 heteroatoms. The van der Waals surface area contributed by atoms with Gasteiger partial charge in [-0.25, -0.2) is 0 Å². The summed E-state index contributed by atoms with van der Waals surface area (Å²) in [6.45, 7) is 4.57. The summed E-state index contributed by atoms with van der Waals surface area (Å²) in [6.07, 6.45) is -2.36. The van der Waals surface area contributed by atoms with E-state index in [1.165, 1.54) is 11.8 Å². The number of nitrogens with one attached hydrogen (secondary N) is 2. The molecule has 152 valence electrons. The lowest BCUT2D eigenvalue weighted by atomic mass is 9.93. The average molecular weight is 429 g/mol. The molecule has 0 bridgehead atoms. The Labute approximate surface area is 168 Å². The van der Waals surface area contributed by atoms with Crippen LogP contribution in [0.1, 0.15) is 20.3 Å². The van der Waals surface area contributed by atoms with Crippen molar-refractivity contribution >= 4 is 41.0 Å². The fourth-order valence-electron chi connectivity index (χ4n) is 3.35. The molecule has 2 aliphatic rings. The van der Waals surface area contributed by atoms with E-state index in [9.17, 15) is 20.1 Å². The van der Waals surface area contributed by atoms with Gasteiger partial charge in [0.05, 0.1) is 17.5 Å². The number of hydrogen-bond acceptors (Lipinski definition) is 8. The highest BCUT2D eigenvalue weighted by Gasteiger charge is 2.48. The molecule has 2 heterocycles. The number of rotatable bonds is 7.